The van der Waals surface area contributed by atoms with Gasteiger partial charge in [-0.15, -0.1) is 0 Å². The van der Waals surface area contributed by atoms with Crippen molar-refractivity contribution in [3.05, 3.63) is 48.6 Å². The minimum atomic E-state index is -4.36. The highest BCUT2D eigenvalue weighted by atomic mass is 31.2. The summed E-state index contributed by atoms with van der Waals surface area (Å²) in [6.45, 7) is 4.80. The molecule has 0 spiro atoms. The van der Waals surface area contributed by atoms with Crippen LogP contribution >= 0.6 is 7.82 Å². The summed E-state index contributed by atoms with van der Waals surface area (Å²) in [6.07, 6.45) is 72.4. The lowest BCUT2D eigenvalue weighted by Gasteiger charge is -2.25. The first kappa shape index (κ1) is 70.5. The molecule has 424 valence electrons. The van der Waals surface area contributed by atoms with Crippen LogP contribution in [-0.4, -0.2) is 73.4 Å². The molecule has 0 heterocycles. The minimum absolute atomic E-state index is 0.0538. The number of phosphoric ester groups is 1. The Bertz CT molecular complexity index is 1310. The smallest absolute Gasteiger partial charge is 0.387 e. The van der Waals surface area contributed by atoms with Crippen molar-refractivity contribution in [2.75, 3.05) is 40.9 Å². The number of nitrogens with one attached hydrogen (secondary N) is 1. The van der Waals surface area contributed by atoms with E-state index in [1.165, 1.54) is 225 Å². The first-order valence-corrected chi connectivity index (χ1v) is 32.5. The maximum absolute atomic E-state index is 13.0. The third kappa shape index (κ3) is 56.2. The molecule has 8 nitrogen and oxygen atoms in total. The van der Waals surface area contributed by atoms with Crippen LogP contribution in [0.25, 0.3) is 0 Å². The summed E-state index contributed by atoms with van der Waals surface area (Å²) in [4.78, 5) is 23.3. The molecule has 0 aliphatic carbocycles. The fourth-order valence-corrected chi connectivity index (χ4v) is 9.89. The number of hydrogen-bond acceptors (Lipinski definition) is 5. The highest BCUT2D eigenvalue weighted by Crippen LogP contribution is 2.43. The van der Waals surface area contributed by atoms with Crippen LogP contribution in [0, 0.1) is 0 Å². The topological polar surface area (TPSA) is 105 Å². The van der Waals surface area contributed by atoms with Crippen LogP contribution in [-0.2, 0) is 18.4 Å². The Hall–Kier alpha value is -1.54. The maximum atomic E-state index is 13.0. The van der Waals surface area contributed by atoms with Crippen LogP contribution in [0.1, 0.15) is 296 Å². The third-order valence-electron chi connectivity index (χ3n) is 14.0. The summed E-state index contributed by atoms with van der Waals surface area (Å²) >= 11 is 0. The number of likely N-dealkylation sites (N-methyl/N-ethyl adjacent to an activating group) is 1. The number of aliphatic hydroxyl groups is 1. The Morgan fingerprint density at radius 3 is 1.21 bits per heavy atom. The summed E-state index contributed by atoms with van der Waals surface area (Å²) < 4.78 is 23.7. The number of allylic oxidation sites excluding steroid dienone is 7. The van der Waals surface area contributed by atoms with Crippen molar-refractivity contribution in [3.63, 3.8) is 0 Å². The minimum Gasteiger partial charge on any atom is -0.387 e. The molecular weight excluding hydrogens is 912 g/mol. The van der Waals surface area contributed by atoms with Gasteiger partial charge in [-0.25, -0.2) is 4.57 Å². The van der Waals surface area contributed by atoms with Crippen molar-refractivity contribution in [1.29, 1.82) is 0 Å². The average Bonchev–Trinajstić information content (AvgIpc) is 3.34. The molecule has 0 bridgehead atoms. The molecule has 0 radical (unpaired) electrons. The van der Waals surface area contributed by atoms with Crippen molar-refractivity contribution in [2.45, 2.75) is 309 Å². The van der Waals surface area contributed by atoms with Crippen molar-refractivity contribution in [3.8, 4) is 0 Å². The van der Waals surface area contributed by atoms with Gasteiger partial charge in [-0.05, 0) is 64.2 Å². The molecular formula is C63H122N2O6P+. The molecule has 9 heteroatoms. The Balaban J connectivity index is 4.14. The van der Waals surface area contributed by atoms with Gasteiger partial charge in [0.15, 0.2) is 0 Å². The second-order valence-electron chi connectivity index (χ2n) is 22.4. The molecule has 0 aliphatic heterocycles. The zero-order valence-electron chi connectivity index (χ0n) is 48.4. The van der Waals surface area contributed by atoms with E-state index in [4.69, 9.17) is 9.05 Å². The van der Waals surface area contributed by atoms with Gasteiger partial charge in [0, 0.05) is 6.42 Å². The molecule has 72 heavy (non-hydrogen) atoms. The molecule has 0 aromatic heterocycles. The zero-order valence-corrected chi connectivity index (χ0v) is 49.3. The summed E-state index contributed by atoms with van der Waals surface area (Å²) in [5.74, 6) is -0.193. The van der Waals surface area contributed by atoms with E-state index in [9.17, 15) is 19.4 Å². The van der Waals surface area contributed by atoms with E-state index in [-0.39, 0.29) is 19.1 Å². The van der Waals surface area contributed by atoms with Gasteiger partial charge < -0.3 is 19.8 Å². The van der Waals surface area contributed by atoms with Crippen molar-refractivity contribution < 1.29 is 32.9 Å². The monoisotopic (exact) mass is 1030 g/mol. The van der Waals surface area contributed by atoms with Crippen LogP contribution in [0.4, 0.5) is 0 Å². The Labute approximate surface area is 448 Å². The number of phosphoric acid groups is 1. The Kier molecular flexibility index (Phi) is 53.1. The second-order valence-corrected chi connectivity index (χ2v) is 23.9. The number of quaternary nitrogens is 1. The summed E-state index contributed by atoms with van der Waals surface area (Å²) in [6, 6.07) is -0.870. The van der Waals surface area contributed by atoms with E-state index >= 15 is 0 Å². The van der Waals surface area contributed by atoms with Crippen molar-refractivity contribution >= 4 is 13.7 Å². The largest absolute Gasteiger partial charge is 0.472 e. The van der Waals surface area contributed by atoms with E-state index in [1.807, 2.05) is 27.2 Å². The standard InChI is InChI=1S/C63H121N2O6P/c1-6-8-10-12-14-16-18-20-22-24-26-27-28-29-30-31-32-33-34-35-36-37-38-39-40-42-44-46-48-50-52-54-56-62(66)61(60-71-72(68,69)70-59-58-65(3,4)5)64-63(67)57-55-53-51-49-47-45-43-41-25-23-21-19-17-15-13-11-9-7-2/h17,19,23,25,46,48,54,56,61-62,66H,6-16,18,20-22,24,26-45,47,49-53,55,57-60H2,1-5H3,(H-,64,67,68,69)/p+1/b19-17-,25-23-,48-46+,56-54+. The number of nitrogens with zero attached hydrogens (tertiary/aromatic N) is 1. The van der Waals surface area contributed by atoms with Gasteiger partial charge in [0.1, 0.15) is 13.2 Å². The van der Waals surface area contributed by atoms with E-state index in [2.05, 4.69) is 55.6 Å². The second kappa shape index (κ2) is 54.3. The normalized spacial score (nSPS) is 14.2. The Morgan fingerprint density at radius 1 is 0.472 bits per heavy atom. The van der Waals surface area contributed by atoms with Crippen molar-refractivity contribution in [1.82, 2.24) is 5.32 Å². The number of carbonyl (C=O) groups excluding carboxylic acids is 1. The van der Waals surface area contributed by atoms with Gasteiger partial charge in [0.2, 0.25) is 5.91 Å². The molecule has 3 N–H and O–H groups in total. The average molecular weight is 1030 g/mol. The van der Waals surface area contributed by atoms with Gasteiger partial charge in [-0.3, -0.25) is 13.8 Å². The van der Waals surface area contributed by atoms with Gasteiger partial charge >= 0.3 is 7.82 Å². The molecule has 0 saturated heterocycles. The predicted octanol–water partition coefficient (Wildman–Crippen LogP) is 19.1. The van der Waals surface area contributed by atoms with E-state index in [0.29, 0.717) is 17.4 Å². The number of aliphatic hydroxyl groups excluding tert-OH is 1. The molecule has 0 aromatic carbocycles. The van der Waals surface area contributed by atoms with Crippen LogP contribution in [0.15, 0.2) is 48.6 Å². The molecule has 1 amide bonds. The lowest BCUT2D eigenvalue weighted by molar-refractivity contribution is -0.870. The van der Waals surface area contributed by atoms with Crippen LogP contribution in [0.2, 0.25) is 0 Å². The predicted molar refractivity (Wildman–Crippen MR) is 314 cm³/mol. The van der Waals surface area contributed by atoms with Crippen LogP contribution in [0.3, 0.4) is 0 Å². The first-order valence-electron chi connectivity index (χ1n) is 31.0. The van der Waals surface area contributed by atoms with Gasteiger partial charge in [-0.2, -0.15) is 0 Å². The summed E-state index contributed by atoms with van der Waals surface area (Å²) in [7, 11) is 1.55. The molecule has 0 aromatic rings. The SMILES string of the molecule is CCCCCC/C=C\C/C=C\CCCCCCCCCC(=O)NC(COP(=O)(O)OCC[N+](C)(C)C)C(O)/C=C/CC/C=C/CCCCCCCCCCCCCCCCCCCCCCCCCCCC. The highest BCUT2D eigenvalue weighted by Gasteiger charge is 2.27. The number of amides is 1. The molecule has 3 atom stereocenters. The lowest BCUT2D eigenvalue weighted by atomic mass is 10.0. The Morgan fingerprint density at radius 2 is 0.806 bits per heavy atom. The zero-order chi connectivity index (χ0) is 52.7. The molecule has 0 fully saturated rings. The highest BCUT2D eigenvalue weighted by molar-refractivity contribution is 7.47. The molecule has 3 unspecified atom stereocenters. The number of hydrogen-bond donors (Lipinski definition) is 3. The fraction of sp³-hybridized carbons (Fsp3) is 0.857. The number of rotatable bonds is 57. The third-order valence-corrected chi connectivity index (χ3v) is 15.0. The van der Waals surface area contributed by atoms with E-state index in [0.717, 1.165) is 51.4 Å². The molecule has 0 saturated carbocycles. The van der Waals surface area contributed by atoms with Gasteiger partial charge in [-0.1, -0.05) is 274 Å². The summed E-state index contributed by atoms with van der Waals surface area (Å²) in [5, 5.41) is 13.9. The molecule has 0 rings (SSSR count). The van der Waals surface area contributed by atoms with E-state index in [1.54, 1.807) is 6.08 Å². The summed E-state index contributed by atoms with van der Waals surface area (Å²) in [5.41, 5.74) is 0. The van der Waals surface area contributed by atoms with E-state index < -0.39 is 20.0 Å². The van der Waals surface area contributed by atoms with Gasteiger partial charge in [0.25, 0.3) is 0 Å². The quantitative estimate of drug-likeness (QED) is 0.0243. The first-order chi connectivity index (χ1) is 35.0. The fourth-order valence-electron chi connectivity index (χ4n) is 9.15. The van der Waals surface area contributed by atoms with Crippen LogP contribution < -0.4 is 5.32 Å². The number of carbonyl (C=O) groups is 1. The maximum Gasteiger partial charge on any atom is 0.472 e. The van der Waals surface area contributed by atoms with Crippen molar-refractivity contribution in [2.24, 2.45) is 0 Å². The number of unbranched alkanes of at least 4 members (excludes halogenated alkanes) is 38. The van der Waals surface area contributed by atoms with Crippen LogP contribution in [0.5, 0.6) is 0 Å². The lowest BCUT2D eigenvalue weighted by Crippen LogP contribution is -2.45. The van der Waals surface area contributed by atoms with Gasteiger partial charge in [0.05, 0.1) is 39.9 Å². The molecule has 0 aliphatic rings.